The zero-order valence-electron chi connectivity index (χ0n) is 13.5. The smallest absolute Gasteiger partial charge is 0.279 e. The first kappa shape index (κ1) is 17.9. The molecule has 0 fully saturated rings. The highest BCUT2D eigenvalue weighted by atomic mass is 35.5. The summed E-state index contributed by atoms with van der Waals surface area (Å²) >= 11 is 12.1. The van der Waals surface area contributed by atoms with Gasteiger partial charge >= 0.3 is 0 Å². The average Bonchev–Trinajstić information content (AvgIpc) is 2.62. The molecule has 7 nitrogen and oxygen atoms in total. The van der Waals surface area contributed by atoms with Crippen molar-refractivity contribution < 1.29 is 4.74 Å². The number of halogens is 2. The van der Waals surface area contributed by atoms with Crippen molar-refractivity contribution in [2.24, 2.45) is 5.10 Å². The molecule has 0 unspecified atom stereocenters. The van der Waals surface area contributed by atoms with Gasteiger partial charge in [0.2, 0.25) is 5.95 Å². The van der Waals surface area contributed by atoms with Crippen molar-refractivity contribution in [1.82, 2.24) is 15.2 Å². The second-order valence-electron chi connectivity index (χ2n) is 5.11. The summed E-state index contributed by atoms with van der Waals surface area (Å²) in [6, 6.07) is 12.3. The molecule has 0 radical (unpaired) electrons. The van der Waals surface area contributed by atoms with Crippen LogP contribution in [0.25, 0.3) is 11.3 Å². The van der Waals surface area contributed by atoms with Gasteiger partial charge < -0.3 is 4.74 Å². The normalized spacial score (nSPS) is 10.9. The molecule has 2 aromatic carbocycles. The number of anilines is 1. The van der Waals surface area contributed by atoms with E-state index in [4.69, 9.17) is 27.9 Å². The van der Waals surface area contributed by atoms with Crippen LogP contribution in [0.15, 0.2) is 52.4 Å². The molecule has 0 aliphatic heterocycles. The van der Waals surface area contributed by atoms with E-state index in [1.54, 1.807) is 24.3 Å². The van der Waals surface area contributed by atoms with Gasteiger partial charge in [0.25, 0.3) is 5.56 Å². The number of H-pyrrole nitrogens is 1. The minimum absolute atomic E-state index is 0.108. The SMILES string of the molecule is COc1c(Cl)cc(/C=N/Nc2nnc(-c3ccccc3)c(=O)[nH]2)cc1Cl. The van der Waals surface area contributed by atoms with E-state index in [1.165, 1.54) is 13.3 Å². The first-order valence-corrected chi connectivity index (χ1v) is 8.18. The van der Waals surface area contributed by atoms with Crippen LogP contribution in [-0.4, -0.2) is 28.5 Å². The number of ether oxygens (including phenoxy) is 1. The molecule has 1 heterocycles. The lowest BCUT2D eigenvalue weighted by molar-refractivity contribution is 0.415. The van der Waals surface area contributed by atoms with Crippen molar-refractivity contribution in [2.75, 3.05) is 12.5 Å². The van der Waals surface area contributed by atoms with E-state index in [0.717, 1.165) is 0 Å². The predicted molar refractivity (Wildman–Crippen MR) is 102 cm³/mol. The molecule has 0 saturated heterocycles. The largest absolute Gasteiger partial charge is 0.494 e. The van der Waals surface area contributed by atoms with Crippen LogP contribution in [0, 0.1) is 0 Å². The van der Waals surface area contributed by atoms with Gasteiger partial charge in [-0.3, -0.25) is 9.78 Å². The molecule has 0 spiro atoms. The Bertz CT molecular complexity index is 983. The molecule has 2 N–H and O–H groups in total. The highest BCUT2D eigenvalue weighted by Crippen LogP contribution is 2.33. The average molecular weight is 390 g/mol. The van der Waals surface area contributed by atoms with E-state index in [2.05, 4.69) is 25.7 Å². The molecular weight excluding hydrogens is 377 g/mol. The van der Waals surface area contributed by atoms with Crippen LogP contribution in [-0.2, 0) is 0 Å². The highest BCUT2D eigenvalue weighted by molar-refractivity contribution is 6.37. The quantitative estimate of drug-likeness (QED) is 0.513. The van der Waals surface area contributed by atoms with E-state index in [0.29, 0.717) is 26.9 Å². The van der Waals surface area contributed by atoms with Gasteiger partial charge in [0.15, 0.2) is 11.4 Å². The maximum absolute atomic E-state index is 12.1. The zero-order chi connectivity index (χ0) is 18.5. The molecule has 0 aliphatic carbocycles. The summed E-state index contributed by atoms with van der Waals surface area (Å²) in [5, 5.41) is 12.6. The molecule has 1 aromatic heterocycles. The van der Waals surface area contributed by atoms with Crippen molar-refractivity contribution in [3.8, 4) is 17.0 Å². The van der Waals surface area contributed by atoms with Gasteiger partial charge in [0.1, 0.15) is 0 Å². The number of aromatic amines is 1. The summed E-state index contributed by atoms with van der Waals surface area (Å²) in [4.78, 5) is 14.7. The lowest BCUT2D eigenvalue weighted by Gasteiger charge is -2.06. The molecule has 0 saturated carbocycles. The van der Waals surface area contributed by atoms with Crippen LogP contribution in [0.5, 0.6) is 5.75 Å². The third-order valence-electron chi connectivity index (χ3n) is 3.35. The van der Waals surface area contributed by atoms with Crippen LogP contribution >= 0.6 is 23.2 Å². The molecule has 0 amide bonds. The van der Waals surface area contributed by atoms with Crippen molar-refractivity contribution in [1.29, 1.82) is 0 Å². The minimum atomic E-state index is -0.376. The first-order chi connectivity index (χ1) is 12.6. The first-order valence-electron chi connectivity index (χ1n) is 7.43. The van der Waals surface area contributed by atoms with Crippen LogP contribution in [0.4, 0.5) is 5.95 Å². The topological polar surface area (TPSA) is 92.3 Å². The Morgan fingerprint density at radius 3 is 2.46 bits per heavy atom. The summed E-state index contributed by atoms with van der Waals surface area (Å²) < 4.78 is 5.08. The number of nitrogens with zero attached hydrogens (tertiary/aromatic N) is 3. The Labute approximate surface area is 158 Å². The lowest BCUT2D eigenvalue weighted by atomic mass is 10.2. The van der Waals surface area contributed by atoms with Gasteiger partial charge in [-0.1, -0.05) is 53.5 Å². The van der Waals surface area contributed by atoms with E-state index < -0.39 is 0 Å². The van der Waals surface area contributed by atoms with Crippen molar-refractivity contribution >= 4 is 35.4 Å². The maximum atomic E-state index is 12.1. The van der Waals surface area contributed by atoms with Crippen molar-refractivity contribution in [3.63, 3.8) is 0 Å². The number of nitrogens with one attached hydrogen (secondary N) is 2. The Kier molecular flexibility index (Phi) is 5.50. The fourth-order valence-electron chi connectivity index (χ4n) is 2.19. The van der Waals surface area contributed by atoms with Gasteiger partial charge in [-0.25, -0.2) is 5.43 Å². The fraction of sp³-hybridized carbons (Fsp3) is 0.0588. The molecule has 9 heteroatoms. The van der Waals surface area contributed by atoms with Gasteiger partial charge in [-0.15, -0.1) is 10.2 Å². The zero-order valence-corrected chi connectivity index (χ0v) is 15.0. The second-order valence-corrected chi connectivity index (χ2v) is 5.92. The summed E-state index contributed by atoms with van der Waals surface area (Å²) in [7, 11) is 1.48. The van der Waals surface area contributed by atoms with Gasteiger partial charge in [0, 0.05) is 5.56 Å². The van der Waals surface area contributed by atoms with Gasteiger partial charge in [-0.05, 0) is 17.7 Å². The maximum Gasteiger partial charge on any atom is 0.279 e. The molecule has 132 valence electrons. The standard InChI is InChI=1S/C17H13Cl2N5O2/c1-26-15-12(18)7-10(8-13(15)19)9-20-23-17-21-16(25)14(22-24-17)11-5-3-2-4-6-11/h2-9H,1H3,(H2,21,23,24,25)/b20-9+. The minimum Gasteiger partial charge on any atom is -0.494 e. The van der Waals surface area contributed by atoms with Gasteiger partial charge in [0.05, 0.1) is 23.4 Å². The van der Waals surface area contributed by atoms with Crippen LogP contribution in [0.3, 0.4) is 0 Å². The Morgan fingerprint density at radius 1 is 1.15 bits per heavy atom. The summed E-state index contributed by atoms with van der Waals surface area (Å²) in [5.41, 5.74) is 3.78. The Morgan fingerprint density at radius 2 is 1.85 bits per heavy atom. The molecule has 0 aliphatic rings. The number of hydrogen-bond acceptors (Lipinski definition) is 6. The molecule has 26 heavy (non-hydrogen) atoms. The number of aromatic nitrogens is 3. The number of benzene rings is 2. The van der Waals surface area contributed by atoms with Crippen molar-refractivity contribution in [2.45, 2.75) is 0 Å². The monoisotopic (exact) mass is 389 g/mol. The molecular formula is C17H13Cl2N5O2. The van der Waals surface area contributed by atoms with E-state index in [9.17, 15) is 4.79 Å². The van der Waals surface area contributed by atoms with E-state index in [-0.39, 0.29) is 17.2 Å². The number of hydrogen-bond donors (Lipinski definition) is 2. The molecule has 3 rings (SSSR count). The summed E-state index contributed by atoms with van der Waals surface area (Å²) in [6.07, 6.45) is 1.47. The number of methoxy groups -OCH3 is 1. The molecule has 0 bridgehead atoms. The van der Waals surface area contributed by atoms with Crippen molar-refractivity contribution in [3.05, 3.63) is 68.4 Å². The lowest BCUT2D eigenvalue weighted by Crippen LogP contribution is -2.15. The Balaban J connectivity index is 1.75. The van der Waals surface area contributed by atoms with E-state index in [1.807, 2.05) is 18.2 Å². The van der Waals surface area contributed by atoms with E-state index >= 15 is 0 Å². The summed E-state index contributed by atoms with van der Waals surface area (Å²) in [6.45, 7) is 0. The summed E-state index contributed by atoms with van der Waals surface area (Å²) in [5.74, 6) is 0.502. The number of rotatable bonds is 5. The van der Waals surface area contributed by atoms with Crippen LogP contribution < -0.4 is 15.7 Å². The third-order valence-corrected chi connectivity index (χ3v) is 3.91. The Hall–Kier alpha value is -2.90. The molecule has 0 atom stereocenters. The van der Waals surface area contributed by atoms with Crippen LogP contribution in [0.1, 0.15) is 5.56 Å². The fourth-order valence-corrected chi connectivity index (χ4v) is 2.85. The van der Waals surface area contributed by atoms with Crippen LogP contribution in [0.2, 0.25) is 10.0 Å². The highest BCUT2D eigenvalue weighted by Gasteiger charge is 2.08. The second kappa shape index (κ2) is 7.99. The third kappa shape index (κ3) is 4.01. The number of hydrazone groups is 1. The van der Waals surface area contributed by atoms with Gasteiger partial charge in [-0.2, -0.15) is 5.10 Å². The predicted octanol–water partition coefficient (Wildman–Crippen LogP) is 3.59. The molecule has 3 aromatic rings.